The molecular formula is C14H21ClN2O. The Balaban J connectivity index is 2.02. The van der Waals surface area contributed by atoms with Crippen molar-refractivity contribution >= 4 is 11.6 Å². The standard InChI is InChI=1S/C14H21ClN2O/c1-17(13-5-3-4-12(13)16)9-10-6-7-14(18-2)11(15)8-10/h6-8,12-13H,3-5,9,16H2,1-2H3. The predicted octanol–water partition coefficient (Wildman–Crippen LogP) is 2.66. The van der Waals surface area contributed by atoms with Crippen molar-refractivity contribution in [3.05, 3.63) is 28.8 Å². The van der Waals surface area contributed by atoms with E-state index in [0.29, 0.717) is 17.1 Å². The smallest absolute Gasteiger partial charge is 0.137 e. The molecular weight excluding hydrogens is 248 g/mol. The van der Waals surface area contributed by atoms with Crippen LogP contribution in [0.5, 0.6) is 5.75 Å². The average molecular weight is 269 g/mol. The second-order valence-electron chi connectivity index (χ2n) is 5.05. The van der Waals surface area contributed by atoms with E-state index in [1.165, 1.54) is 18.4 Å². The quantitative estimate of drug-likeness (QED) is 0.912. The Morgan fingerprint density at radius 3 is 2.78 bits per heavy atom. The maximum atomic E-state index is 6.13. The number of hydrogen-bond donors (Lipinski definition) is 1. The van der Waals surface area contributed by atoms with Crippen LogP contribution in [0.3, 0.4) is 0 Å². The lowest BCUT2D eigenvalue weighted by Gasteiger charge is -2.27. The predicted molar refractivity (Wildman–Crippen MR) is 75.1 cm³/mol. The summed E-state index contributed by atoms with van der Waals surface area (Å²) in [6, 6.07) is 6.74. The Morgan fingerprint density at radius 1 is 1.44 bits per heavy atom. The summed E-state index contributed by atoms with van der Waals surface area (Å²) >= 11 is 6.13. The highest BCUT2D eigenvalue weighted by Crippen LogP contribution is 2.27. The summed E-state index contributed by atoms with van der Waals surface area (Å²) in [5.74, 6) is 0.723. The number of halogens is 1. The minimum Gasteiger partial charge on any atom is -0.495 e. The lowest BCUT2D eigenvalue weighted by molar-refractivity contribution is 0.220. The molecule has 1 aliphatic carbocycles. The third-order valence-corrected chi connectivity index (χ3v) is 4.04. The van der Waals surface area contributed by atoms with Crippen LogP contribution in [0.25, 0.3) is 0 Å². The van der Waals surface area contributed by atoms with Gasteiger partial charge in [0.2, 0.25) is 0 Å². The zero-order chi connectivity index (χ0) is 13.1. The van der Waals surface area contributed by atoms with Gasteiger partial charge in [0.25, 0.3) is 0 Å². The third kappa shape index (κ3) is 2.97. The molecule has 0 saturated heterocycles. The van der Waals surface area contributed by atoms with Crippen molar-refractivity contribution in [2.24, 2.45) is 5.73 Å². The van der Waals surface area contributed by atoms with Gasteiger partial charge in [0.1, 0.15) is 5.75 Å². The van der Waals surface area contributed by atoms with E-state index in [1.807, 2.05) is 12.1 Å². The second-order valence-corrected chi connectivity index (χ2v) is 5.45. The van der Waals surface area contributed by atoms with Gasteiger partial charge in [-0.3, -0.25) is 4.90 Å². The highest BCUT2D eigenvalue weighted by Gasteiger charge is 2.27. The molecule has 1 aromatic carbocycles. The Morgan fingerprint density at radius 2 is 2.22 bits per heavy atom. The normalized spacial score (nSPS) is 23.6. The fraction of sp³-hybridized carbons (Fsp3) is 0.571. The number of rotatable bonds is 4. The molecule has 1 aromatic rings. The molecule has 1 fully saturated rings. The number of nitrogens with two attached hydrogens (primary N) is 1. The maximum Gasteiger partial charge on any atom is 0.137 e. The molecule has 2 N–H and O–H groups in total. The largest absolute Gasteiger partial charge is 0.495 e. The Bertz CT molecular complexity index is 411. The Labute approximate surface area is 114 Å². The topological polar surface area (TPSA) is 38.5 Å². The number of benzene rings is 1. The minimum absolute atomic E-state index is 0.309. The van der Waals surface area contributed by atoms with Crippen LogP contribution in [-0.2, 0) is 6.54 Å². The van der Waals surface area contributed by atoms with Gasteiger partial charge in [0, 0.05) is 18.6 Å². The van der Waals surface area contributed by atoms with Gasteiger partial charge in [-0.25, -0.2) is 0 Å². The van der Waals surface area contributed by atoms with Gasteiger partial charge in [-0.1, -0.05) is 24.1 Å². The van der Waals surface area contributed by atoms with E-state index in [4.69, 9.17) is 22.1 Å². The van der Waals surface area contributed by atoms with Gasteiger partial charge in [0.05, 0.1) is 12.1 Å². The highest BCUT2D eigenvalue weighted by molar-refractivity contribution is 6.32. The molecule has 1 saturated carbocycles. The molecule has 2 unspecified atom stereocenters. The van der Waals surface area contributed by atoms with Gasteiger partial charge in [0.15, 0.2) is 0 Å². The average Bonchev–Trinajstić information content (AvgIpc) is 2.76. The molecule has 100 valence electrons. The molecule has 4 heteroatoms. The summed E-state index contributed by atoms with van der Waals surface area (Å²) in [5, 5.41) is 0.666. The van der Waals surface area contributed by atoms with Crippen LogP contribution in [0.4, 0.5) is 0 Å². The fourth-order valence-corrected chi connectivity index (χ4v) is 3.01. The number of nitrogens with zero attached hydrogens (tertiary/aromatic N) is 1. The Hall–Kier alpha value is -0.770. The van der Waals surface area contributed by atoms with Crippen LogP contribution in [0.2, 0.25) is 5.02 Å². The van der Waals surface area contributed by atoms with Crippen molar-refractivity contribution < 1.29 is 4.74 Å². The molecule has 0 amide bonds. The molecule has 0 radical (unpaired) electrons. The molecule has 2 rings (SSSR count). The highest BCUT2D eigenvalue weighted by atomic mass is 35.5. The van der Waals surface area contributed by atoms with E-state index < -0.39 is 0 Å². The third-order valence-electron chi connectivity index (χ3n) is 3.75. The number of methoxy groups -OCH3 is 1. The minimum atomic E-state index is 0.309. The monoisotopic (exact) mass is 268 g/mol. The molecule has 0 spiro atoms. The van der Waals surface area contributed by atoms with Crippen LogP contribution in [0, 0.1) is 0 Å². The molecule has 3 nitrogen and oxygen atoms in total. The van der Waals surface area contributed by atoms with Crippen LogP contribution < -0.4 is 10.5 Å². The van der Waals surface area contributed by atoms with E-state index in [1.54, 1.807) is 7.11 Å². The maximum absolute atomic E-state index is 6.13. The zero-order valence-electron chi connectivity index (χ0n) is 11.0. The summed E-state index contributed by atoms with van der Waals surface area (Å²) in [5.41, 5.74) is 7.32. The van der Waals surface area contributed by atoms with Gasteiger partial charge in [-0.05, 0) is 37.6 Å². The van der Waals surface area contributed by atoms with Crippen LogP contribution in [0.1, 0.15) is 24.8 Å². The molecule has 0 heterocycles. The molecule has 0 aliphatic heterocycles. The lowest BCUT2D eigenvalue weighted by Crippen LogP contribution is -2.41. The van der Waals surface area contributed by atoms with Crippen LogP contribution in [0.15, 0.2) is 18.2 Å². The van der Waals surface area contributed by atoms with Crippen molar-refractivity contribution in [2.75, 3.05) is 14.2 Å². The van der Waals surface area contributed by atoms with Crippen LogP contribution in [-0.4, -0.2) is 31.1 Å². The second kappa shape index (κ2) is 5.91. The van der Waals surface area contributed by atoms with Crippen molar-refractivity contribution in [1.82, 2.24) is 4.90 Å². The first kappa shape index (κ1) is 13.7. The van der Waals surface area contributed by atoms with Crippen molar-refractivity contribution in [1.29, 1.82) is 0 Å². The summed E-state index contributed by atoms with van der Waals surface area (Å²) < 4.78 is 5.16. The van der Waals surface area contributed by atoms with E-state index >= 15 is 0 Å². The van der Waals surface area contributed by atoms with Crippen molar-refractivity contribution in [2.45, 2.75) is 37.9 Å². The zero-order valence-corrected chi connectivity index (χ0v) is 11.8. The van der Waals surface area contributed by atoms with E-state index in [9.17, 15) is 0 Å². The molecule has 2 atom stereocenters. The van der Waals surface area contributed by atoms with Gasteiger partial charge in [-0.15, -0.1) is 0 Å². The first-order valence-electron chi connectivity index (χ1n) is 6.40. The number of likely N-dealkylation sites (N-methyl/N-ethyl adjacent to an activating group) is 1. The molecule has 18 heavy (non-hydrogen) atoms. The number of ether oxygens (including phenoxy) is 1. The molecule has 1 aliphatic rings. The lowest BCUT2D eigenvalue weighted by atomic mass is 10.1. The van der Waals surface area contributed by atoms with E-state index in [2.05, 4.69) is 18.0 Å². The summed E-state index contributed by atoms with van der Waals surface area (Å²) in [4.78, 5) is 2.33. The first-order valence-corrected chi connectivity index (χ1v) is 6.78. The molecule has 0 bridgehead atoms. The summed E-state index contributed by atoms with van der Waals surface area (Å²) in [6.45, 7) is 0.877. The number of hydrogen-bond acceptors (Lipinski definition) is 3. The van der Waals surface area contributed by atoms with Crippen molar-refractivity contribution in [3.8, 4) is 5.75 Å². The Kier molecular flexibility index (Phi) is 4.49. The molecule has 0 aromatic heterocycles. The van der Waals surface area contributed by atoms with Gasteiger partial charge < -0.3 is 10.5 Å². The van der Waals surface area contributed by atoms with Crippen molar-refractivity contribution in [3.63, 3.8) is 0 Å². The van der Waals surface area contributed by atoms with Gasteiger partial charge in [-0.2, -0.15) is 0 Å². The van der Waals surface area contributed by atoms with E-state index in [0.717, 1.165) is 18.7 Å². The summed E-state index contributed by atoms with van der Waals surface area (Å²) in [6.07, 6.45) is 3.57. The first-order chi connectivity index (χ1) is 8.61. The SMILES string of the molecule is COc1ccc(CN(C)C2CCCC2N)cc1Cl. The van der Waals surface area contributed by atoms with Crippen LogP contribution >= 0.6 is 11.6 Å². The fourth-order valence-electron chi connectivity index (χ4n) is 2.73. The van der Waals surface area contributed by atoms with E-state index in [-0.39, 0.29) is 0 Å². The van der Waals surface area contributed by atoms with Gasteiger partial charge >= 0.3 is 0 Å². The summed E-state index contributed by atoms with van der Waals surface area (Å²) in [7, 11) is 3.76.